The molecule has 2 amide bonds. The Kier molecular flexibility index (Phi) is 6.30. The van der Waals surface area contributed by atoms with Crippen LogP contribution in [0.2, 0.25) is 0 Å². The number of amides is 2. The molecule has 8 nitrogen and oxygen atoms in total. The average Bonchev–Trinajstić information content (AvgIpc) is 3.27. The highest BCUT2D eigenvalue weighted by atomic mass is 16.5. The molecule has 1 fully saturated rings. The van der Waals surface area contributed by atoms with Gasteiger partial charge in [-0.15, -0.1) is 0 Å². The highest BCUT2D eigenvalue weighted by Crippen LogP contribution is 2.42. The number of carbonyl (C=O) groups is 3. The molecule has 2 aliphatic rings. The molecule has 2 aromatic rings. The van der Waals surface area contributed by atoms with E-state index < -0.39 is 17.9 Å². The number of hydrogen-bond donors (Lipinski definition) is 1. The highest BCUT2D eigenvalue weighted by molar-refractivity contribution is 6.07. The molecule has 1 aliphatic carbocycles. The molecule has 1 heterocycles. The van der Waals surface area contributed by atoms with Crippen molar-refractivity contribution in [2.24, 2.45) is 0 Å². The molecule has 0 bridgehead atoms. The number of para-hydroxylation sites is 2. The number of hydrogen-bond acceptors (Lipinski definition) is 6. The number of fused-ring (bicyclic) bond motifs is 1. The molecular formula is C24H26N2O6. The first-order valence-electron chi connectivity index (χ1n) is 10.6. The Labute approximate surface area is 186 Å². The van der Waals surface area contributed by atoms with E-state index in [1.807, 2.05) is 0 Å². The minimum Gasteiger partial charge on any atom is -0.493 e. The van der Waals surface area contributed by atoms with E-state index in [9.17, 15) is 14.4 Å². The van der Waals surface area contributed by atoms with Gasteiger partial charge in [0, 0.05) is 11.6 Å². The SMILES string of the molecule is COC(=O)c1ccccc1N1C(=O)COc2c(OC)cccc2C1C(=O)NC1CCCC1. The van der Waals surface area contributed by atoms with Crippen LogP contribution in [0.4, 0.5) is 5.69 Å². The van der Waals surface area contributed by atoms with E-state index in [4.69, 9.17) is 14.2 Å². The number of esters is 1. The van der Waals surface area contributed by atoms with Crippen LogP contribution in [0, 0.1) is 0 Å². The van der Waals surface area contributed by atoms with E-state index in [1.165, 1.54) is 19.1 Å². The van der Waals surface area contributed by atoms with Gasteiger partial charge in [0.15, 0.2) is 18.1 Å². The van der Waals surface area contributed by atoms with Crippen molar-refractivity contribution in [2.75, 3.05) is 25.7 Å². The lowest BCUT2D eigenvalue weighted by Crippen LogP contribution is -2.47. The summed E-state index contributed by atoms with van der Waals surface area (Å²) in [7, 11) is 2.78. The molecule has 1 N–H and O–H groups in total. The molecule has 1 saturated carbocycles. The summed E-state index contributed by atoms with van der Waals surface area (Å²) in [4.78, 5) is 40.8. The molecule has 1 unspecified atom stereocenters. The second-order valence-electron chi connectivity index (χ2n) is 7.83. The monoisotopic (exact) mass is 438 g/mol. The van der Waals surface area contributed by atoms with Crippen LogP contribution in [0.15, 0.2) is 42.5 Å². The van der Waals surface area contributed by atoms with Crippen molar-refractivity contribution in [3.8, 4) is 11.5 Å². The van der Waals surface area contributed by atoms with Crippen molar-refractivity contribution in [2.45, 2.75) is 37.8 Å². The topological polar surface area (TPSA) is 94.2 Å². The third-order valence-corrected chi connectivity index (χ3v) is 5.91. The maximum Gasteiger partial charge on any atom is 0.339 e. The van der Waals surface area contributed by atoms with Gasteiger partial charge in [-0.25, -0.2) is 4.79 Å². The normalized spacial score (nSPS) is 18.4. The second-order valence-corrected chi connectivity index (χ2v) is 7.83. The third-order valence-electron chi connectivity index (χ3n) is 5.91. The molecule has 0 radical (unpaired) electrons. The molecule has 168 valence electrons. The fourth-order valence-electron chi connectivity index (χ4n) is 4.40. The lowest BCUT2D eigenvalue weighted by atomic mass is 10.00. The van der Waals surface area contributed by atoms with Gasteiger partial charge in [-0.2, -0.15) is 0 Å². The molecule has 32 heavy (non-hydrogen) atoms. The zero-order valence-electron chi connectivity index (χ0n) is 18.1. The van der Waals surface area contributed by atoms with Gasteiger partial charge in [0.05, 0.1) is 25.5 Å². The van der Waals surface area contributed by atoms with Gasteiger partial charge in [0.1, 0.15) is 6.04 Å². The van der Waals surface area contributed by atoms with Crippen molar-refractivity contribution in [3.05, 3.63) is 53.6 Å². The number of methoxy groups -OCH3 is 2. The van der Waals surface area contributed by atoms with Crippen molar-refractivity contribution < 1.29 is 28.6 Å². The average molecular weight is 438 g/mol. The third kappa shape index (κ3) is 4.00. The summed E-state index contributed by atoms with van der Waals surface area (Å²) in [6.45, 7) is -0.309. The summed E-state index contributed by atoms with van der Waals surface area (Å²) in [5, 5.41) is 3.09. The minimum atomic E-state index is -1.04. The Morgan fingerprint density at radius 2 is 1.81 bits per heavy atom. The van der Waals surface area contributed by atoms with Gasteiger partial charge < -0.3 is 19.5 Å². The van der Waals surface area contributed by atoms with Gasteiger partial charge in [-0.3, -0.25) is 14.5 Å². The van der Waals surface area contributed by atoms with Crippen LogP contribution < -0.4 is 19.7 Å². The molecule has 1 atom stereocenters. The minimum absolute atomic E-state index is 0.0496. The Hall–Kier alpha value is -3.55. The lowest BCUT2D eigenvalue weighted by molar-refractivity contribution is -0.127. The summed E-state index contributed by atoms with van der Waals surface area (Å²) in [5.41, 5.74) is 0.967. The number of ether oxygens (including phenoxy) is 3. The first-order valence-corrected chi connectivity index (χ1v) is 10.6. The van der Waals surface area contributed by atoms with E-state index in [0.29, 0.717) is 17.1 Å². The summed E-state index contributed by atoms with van der Waals surface area (Å²) in [5.74, 6) is -0.611. The van der Waals surface area contributed by atoms with Crippen molar-refractivity contribution in [3.63, 3.8) is 0 Å². The van der Waals surface area contributed by atoms with E-state index in [1.54, 1.807) is 42.5 Å². The molecule has 8 heteroatoms. The van der Waals surface area contributed by atoms with Crippen LogP contribution in [-0.2, 0) is 14.3 Å². The number of benzene rings is 2. The van der Waals surface area contributed by atoms with Crippen molar-refractivity contribution in [1.82, 2.24) is 5.32 Å². The molecule has 4 rings (SSSR count). The second kappa shape index (κ2) is 9.30. The maximum atomic E-state index is 13.6. The Morgan fingerprint density at radius 3 is 2.53 bits per heavy atom. The van der Waals surface area contributed by atoms with Gasteiger partial charge in [-0.05, 0) is 31.0 Å². The van der Waals surface area contributed by atoms with Gasteiger partial charge >= 0.3 is 5.97 Å². The van der Waals surface area contributed by atoms with Crippen LogP contribution in [0.5, 0.6) is 11.5 Å². The van der Waals surface area contributed by atoms with Crippen LogP contribution in [0.25, 0.3) is 0 Å². The van der Waals surface area contributed by atoms with E-state index >= 15 is 0 Å². The first-order chi connectivity index (χ1) is 15.5. The molecule has 0 spiro atoms. The zero-order valence-corrected chi connectivity index (χ0v) is 18.1. The Morgan fingerprint density at radius 1 is 1.06 bits per heavy atom. The summed E-state index contributed by atoms with van der Waals surface area (Å²) >= 11 is 0. The maximum absolute atomic E-state index is 13.6. The molecule has 0 aromatic heterocycles. The number of anilines is 1. The highest BCUT2D eigenvalue weighted by Gasteiger charge is 2.40. The number of rotatable bonds is 5. The first kappa shape index (κ1) is 21.7. The van der Waals surface area contributed by atoms with Crippen LogP contribution in [0.1, 0.15) is 47.6 Å². The number of nitrogens with zero attached hydrogens (tertiary/aromatic N) is 1. The molecular weight excluding hydrogens is 412 g/mol. The fourth-order valence-corrected chi connectivity index (χ4v) is 4.40. The number of nitrogens with one attached hydrogen (secondary N) is 1. The predicted octanol–water partition coefficient (Wildman–Crippen LogP) is 3.01. The molecule has 1 aliphatic heterocycles. The van der Waals surface area contributed by atoms with E-state index in [-0.39, 0.29) is 29.8 Å². The van der Waals surface area contributed by atoms with Gasteiger partial charge in [0.25, 0.3) is 5.91 Å². The van der Waals surface area contributed by atoms with Crippen LogP contribution >= 0.6 is 0 Å². The van der Waals surface area contributed by atoms with Crippen molar-refractivity contribution in [1.29, 1.82) is 0 Å². The standard InChI is InChI=1S/C24H26N2O6/c1-30-19-13-7-11-17-21(23(28)25-15-8-3-4-9-15)26(20(27)14-32-22(17)19)18-12-6-5-10-16(18)24(29)31-2/h5-7,10-13,15,21H,3-4,8-9,14H2,1-2H3,(H,25,28). The van der Waals surface area contributed by atoms with Gasteiger partial charge in [-0.1, -0.05) is 37.1 Å². The van der Waals surface area contributed by atoms with Crippen LogP contribution in [-0.4, -0.2) is 44.7 Å². The van der Waals surface area contributed by atoms with E-state index in [2.05, 4.69) is 5.32 Å². The molecule has 2 aromatic carbocycles. The summed E-state index contributed by atoms with van der Waals surface area (Å²) in [6.07, 6.45) is 3.90. The van der Waals surface area contributed by atoms with Gasteiger partial charge in [0.2, 0.25) is 5.91 Å². The largest absolute Gasteiger partial charge is 0.493 e. The molecule has 0 saturated heterocycles. The fraction of sp³-hybridized carbons (Fsp3) is 0.375. The zero-order chi connectivity index (χ0) is 22.7. The lowest BCUT2D eigenvalue weighted by Gasteiger charge is -2.31. The summed E-state index contributed by atoms with van der Waals surface area (Å²) < 4.78 is 16.1. The summed E-state index contributed by atoms with van der Waals surface area (Å²) in [6, 6.07) is 10.8. The number of carbonyl (C=O) groups excluding carboxylic acids is 3. The Bertz CT molecular complexity index is 1030. The quantitative estimate of drug-likeness (QED) is 0.722. The van der Waals surface area contributed by atoms with E-state index in [0.717, 1.165) is 25.7 Å². The smallest absolute Gasteiger partial charge is 0.339 e. The predicted molar refractivity (Wildman–Crippen MR) is 117 cm³/mol. The van der Waals surface area contributed by atoms with Crippen molar-refractivity contribution >= 4 is 23.5 Å². The Balaban J connectivity index is 1.87. The van der Waals surface area contributed by atoms with Crippen LogP contribution in [0.3, 0.4) is 0 Å².